The minimum atomic E-state index is -0.396. The highest BCUT2D eigenvalue weighted by Gasteiger charge is 2.44. The summed E-state index contributed by atoms with van der Waals surface area (Å²) in [6.45, 7) is 3.21. The molecule has 0 unspecified atom stereocenters. The molecule has 28 heavy (non-hydrogen) atoms. The number of anilines is 1. The summed E-state index contributed by atoms with van der Waals surface area (Å²) in [4.78, 5) is 14.8. The van der Waals surface area contributed by atoms with E-state index in [1.165, 1.54) is 11.1 Å². The van der Waals surface area contributed by atoms with Gasteiger partial charge in [0.05, 0.1) is 11.5 Å². The first kappa shape index (κ1) is 18.7. The second-order valence-electron chi connectivity index (χ2n) is 8.28. The molecule has 1 aliphatic heterocycles. The molecule has 1 saturated carbocycles. The predicted octanol–water partition coefficient (Wildman–Crippen LogP) is 4.70. The Kier molecular flexibility index (Phi) is 5.45. The van der Waals surface area contributed by atoms with Gasteiger partial charge in [-0.15, -0.1) is 0 Å². The Bertz CT molecular complexity index is 859. The lowest BCUT2D eigenvalue weighted by atomic mass is 9.89. The maximum Gasteiger partial charge on any atom is 0.225 e. The summed E-state index contributed by atoms with van der Waals surface area (Å²) in [5, 5.41) is 12.2. The fourth-order valence-electron chi connectivity index (χ4n) is 4.13. The van der Waals surface area contributed by atoms with Crippen LogP contribution in [0.1, 0.15) is 49.1 Å². The summed E-state index contributed by atoms with van der Waals surface area (Å²) < 4.78 is 0. The second-order valence-corrected chi connectivity index (χ2v) is 8.28. The van der Waals surface area contributed by atoms with Gasteiger partial charge in [-0.25, -0.2) is 0 Å². The molecule has 1 saturated heterocycles. The molecule has 1 heterocycles. The van der Waals surface area contributed by atoms with Gasteiger partial charge in [0.15, 0.2) is 0 Å². The smallest absolute Gasteiger partial charge is 0.225 e. The van der Waals surface area contributed by atoms with Crippen LogP contribution in [0.3, 0.4) is 0 Å². The van der Waals surface area contributed by atoms with Crippen molar-refractivity contribution in [3.05, 3.63) is 65.7 Å². The van der Waals surface area contributed by atoms with Crippen molar-refractivity contribution in [3.8, 4) is 6.07 Å². The van der Waals surface area contributed by atoms with Gasteiger partial charge in [-0.05, 0) is 68.0 Å². The number of benzene rings is 2. The van der Waals surface area contributed by atoms with E-state index in [1.807, 2.05) is 12.1 Å². The van der Waals surface area contributed by atoms with Gasteiger partial charge in [-0.1, -0.05) is 42.5 Å². The van der Waals surface area contributed by atoms with Crippen molar-refractivity contribution in [1.82, 2.24) is 4.90 Å². The van der Waals surface area contributed by atoms with Crippen molar-refractivity contribution in [1.29, 1.82) is 5.26 Å². The topological polar surface area (TPSA) is 56.1 Å². The van der Waals surface area contributed by atoms with E-state index in [4.69, 9.17) is 5.26 Å². The molecule has 2 aromatic carbocycles. The van der Waals surface area contributed by atoms with E-state index in [0.29, 0.717) is 12.3 Å². The summed E-state index contributed by atoms with van der Waals surface area (Å²) in [6, 6.07) is 21.2. The number of rotatable bonds is 6. The number of carbonyl (C=O) groups is 1. The van der Waals surface area contributed by atoms with Crippen molar-refractivity contribution >= 4 is 11.6 Å². The Balaban J connectivity index is 1.31. The molecule has 0 atom stereocenters. The van der Waals surface area contributed by atoms with Crippen LogP contribution >= 0.6 is 0 Å². The van der Waals surface area contributed by atoms with Crippen molar-refractivity contribution in [2.75, 3.05) is 18.4 Å². The third kappa shape index (κ3) is 4.61. The largest absolute Gasteiger partial charge is 0.326 e. The van der Waals surface area contributed by atoms with Gasteiger partial charge in [-0.2, -0.15) is 5.26 Å². The van der Waals surface area contributed by atoms with E-state index < -0.39 is 5.41 Å². The minimum absolute atomic E-state index is 0.0473. The quantitative estimate of drug-likeness (QED) is 0.798. The zero-order valence-corrected chi connectivity index (χ0v) is 16.2. The minimum Gasteiger partial charge on any atom is -0.326 e. The number of carbonyl (C=O) groups excluding carboxylic acids is 1. The van der Waals surface area contributed by atoms with Crippen LogP contribution in [0.15, 0.2) is 54.6 Å². The summed E-state index contributed by atoms with van der Waals surface area (Å²) in [7, 11) is 0. The van der Waals surface area contributed by atoms with Crippen LogP contribution in [-0.2, 0) is 11.3 Å². The SMILES string of the molecule is N#CC1(CC(=O)Nc2cccc(C3CCN(Cc4ccccc4)CC3)c2)CC1. The summed E-state index contributed by atoms with van der Waals surface area (Å²) in [5.41, 5.74) is 3.13. The highest BCUT2D eigenvalue weighted by molar-refractivity contribution is 5.91. The maximum absolute atomic E-state index is 12.3. The predicted molar refractivity (Wildman–Crippen MR) is 111 cm³/mol. The Morgan fingerprint density at radius 1 is 1.11 bits per heavy atom. The van der Waals surface area contributed by atoms with E-state index in [-0.39, 0.29) is 5.91 Å². The molecule has 1 N–H and O–H groups in total. The van der Waals surface area contributed by atoms with Crippen molar-refractivity contribution in [2.45, 2.75) is 44.6 Å². The van der Waals surface area contributed by atoms with Gasteiger partial charge in [0.25, 0.3) is 0 Å². The molecule has 4 heteroatoms. The Morgan fingerprint density at radius 3 is 2.54 bits per heavy atom. The fraction of sp³-hybridized carbons (Fsp3) is 0.417. The molecule has 4 nitrogen and oxygen atoms in total. The Hall–Kier alpha value is -2.64. The van der Waals surface area contributed by atoms with Crippen molar-refractivity contribution in [2.24, 2.45) is 5.41 Å². The van der Waals surface area contributed by atoms with Crippen LogP contribution < -0.4 is 5.32 Å². The molecule has 4 rings (SSSR count). The molecule has 2 fully saturated rings. The number of likely N-dealkylation sites (tertiary alicyclic amines) is 1. The van der Waals surface area contributed by atoms with Gasteiger partial charge in [0, 0.05) is 18.7 Å². The third-order valence-corrected chi connectivity index (χ3v) is 6.07. The molecule has 2 aliphatic rings. The second kappa shape index (κ2) is 8.16. The number of piperidine rings is 1. The van der Waals surface area contributed by atoms with E-state index in [0.717, 1.165) is 51.0 Å². The first-order chi connectivity index (χ1) is 13.7. The number of nitriles is 1. The van der Waals surface area contributed by atoms with E-state index >= 15 is 0 Å². The monoisotopic (exact) mass is 373 g/mol. The number of amides is 1. The Labute approximate surface area is 167 Å². The van der Waals surface area contributed by atoms with Gasteiger partial charge >= 0.3 is 0 Å². The Morgan fingerprint density at radius 2 is 1.86 bits per heavy atom. The normalized spacial score (nSPS) is 19.0. The molecule has 2 aromatic rings. The lowest BCUT2D eigenvalue weighted by Gasteiger charge is -2.32. The van der Waals surface area contributed by atoms with Crippen LogP contribution in [0.25, 0.3) is 0 Å². The first-order valence-electron chi connectivity index (χ1n) is 10.2. The van der Waals surface area contributed by atoms with Gasteiger partial charge in [0.1, 0.15) is 0 Å². The summed E-state index contributed by atoms with van der Waals surface area (Å²) in [6.07, 6.45) is 4.28. The van der Waals surface area contributed by atoms with Crippen LogP contribution in [0.2, 0.25) is 0 Å². The van der Waals surface area contributed by atoms with Crippen molar-refractivity contribution < 1.29 is 4.79 Å². The van der Waals surface area contributed by atoms with Gasteiger partial charge in [-0.3, -0.25) is 9.69 Å². The molecule has 1 aliphatic carbocycles. The van der Waals surface area contributed by atoms with Gasteiger partial charge < -0.3 is 5.32 Å². The standard InChI is InChI=1S/C24H27N3O/c25-18-24(11-12-24)16-23(28)26-22-8-4-7-21(15-22)20-9-13-27(14-10-20)17-19-5-2-1-3-6-19/h1-8,15,20H,9-14,16-17H2,(H,26,28). The molecule has 0 aromatic heterocycles. The average molecular weight is 374 g/mol. The van der Waals surface area contributed by atoms with Crippen LogP contribution in [0.5, 0.6) is 0 Å². The lowest BCUT2D eigenvalue weighted by molar-refractivity contribution is -0.116. The summed E-state index contributed by atoms with van der Waals surface area (Å²) >= 11 is 0. The molecule has 0 radical (unpaired) electrons. The van der Waals surface area contributed by atoms with Crippen molar-refractivity contribution in [3.63, 3.8) is 0 Å². The van der Waals surface area contributed by atoms with E-state index in [2.05, 4.69) is 58.8 Å². The summed E-state index contributed by atoms with van der Waals surface area (Å²) in [5.74, 6) is 0.492. The molecule has 0 spiro atoms. The number of nitrogens with zero attached hydrogens (tertiary/aromatic N) is 2. The lowest BCUT2D eigenvalue weighted by Crippen LogP contribution is -2.32. The molecule has 1 amide bonds. The molecule has 144 valence electrons. The highest BCUT2D eigenvalue weighted by atomic mass is 16.1. The van der Waals surface area contributed by atoms with Crippen LogP contribution in [0, 0.1) is 16.7 Å². The number of hydrogen-bond acceptors (Lipinski definition) is 3. The maximum atomic E-state index is 12.3. The van der Waals surface area contributed by atoms with Crippen LogP contribution in [0.4, 0.5) is 5.69 Å². The molecular formula is C24H27N3O. The zero-order valence-electron chi connectivity index (χ0n) is 16.2. The average Bonchev–Trinajstić information content (AvgIpc) is 3.49. The van der Waals surface area contributed by atoms with E-state index in [9.17, 15) is 4.79 Å². The third-order valence-electron chi connectivity index (χ3n) is 6.07. The van der Waals surface area contributed by atoms with Gasteiger partial charge in [0.2, 0.25) is 5.91 Å². The van der Waals surface area contributed by atoms with E-state index in [1.54, 1.807) is 0 Å². The molecule has 0 bridgehead atoms. The number of hydrogen-bond donors (Lipinski definition) is 1. The highest BCUT2D eigenvalue weighted by Crippen LogP contribution is 2.48. The first-order valence-corrected chi connectivity index (χ1v) is 10.2. The zero-order chi connectivity index (χ0) is 19.4. The molecular weight excluding hydrogens is 346 g/mol. The fourth-order valence-corrected chi connectivity index (χ4v) is 4.13. The van der Waals surface area contributed by atoms with Crippen LogP contribution in [-0.4, -0.2) is 23.9 Å². The number of nitrogens with one attached hydrogen (secondary N) is 1.